The summed E-state index contributed by atoms with van der Waals surface area (Å²) in [4.78, 5) is 4.12. The summed E-state index contributed by atoms with van der Waals surface area (Å²) in [6, 6.07) is 17.4. The van der Waals surface area contributed by atoms with Crippen molar-refractivity contribution < 1.29 is 4.74 Å². The molecule has 0 aliphatic rings. The van der Waals surface area contributed by atoms with Crippen LogP contribution in [-0.2, 0) is 19.7 Å². The highest BCUT2D eigenvalue weighted by Crippen LogP contribution is 2.24. The smallest absolute Gasteiger partial charge is 0.124 e. The van der Waals surface area contributed by atoms with Crippen LogP contribution in [0, 0.1) is 0 Å². The summed E-state index contributed by atoms with van der Waals surface area (Å²) in [5.41, 5.74) is 3.15. The number of pyridine rings is 1. The lowest BCUT2D eigenvalue weighted by Crippen LogP contribution is -2.13. The maximum atomic E-state index is 6.20. The standard InChI is InChI=1S/C20H18Cl2N2O.ClH/c21-18-8-7-17(19(22)10-18)14-25-20-6-2-1-5-16(20)13-24-12-15-4-3-9-23-11-15;/h1-11,24H,12-14H2;1H. The molecule has 0 spiro atoms. The Hall–Kier alpha value is -1.78. The molecule has 26 heavy (non-hydrogen) atoms. The van der Waals surface area contributed by atoms with Gasteiger partial charge in [0.2, 0.25) is 0 Å². The van der Waals surface area contributed by atoms with Gasteiger partial charge < -0.3 is 10.1 Å². The van der Waals surface area contributed by atoms with Crippen molar-refractivity contribution in [1.29, 1.82) is 0 Å². The molecule has 6 heteroatoms. The molecule has 0 radical (unpaired) electrons. The van der Waals surface area contributed by atoms with E-state index < -0.39 is 0 Å². The van der Waals surface area contributed by atoms with E-state index in [-0.39, 0.29) is 12.4 Å². The van der Waals surface area contributed by atoms with Gasteiger partial charge in [0.15, 0.2) is 0 Å². The Balaban J connectivity index is 0.00000243. The minimum absolute atomic E-state index is 0. The van der Waals surface area contributed by atoms with Crippen LogP contribution in [0.1, 0.15) is 16.7 Å². The molecule has 3 rings (SSSR count). The quantitative estimate of drug-likeness (QED) is 0.545. The van der Waals surface area contributed by atoms with Crippen molar-refractivity contribution in [2.24, 2.45) is 0 Å². The van der Waals surface area contributed by atoms with Crippen molar-refractivity contribution in [3.63, 3.8) is 0 Å². The number of benzene rings is 2. The van der Waals surface area contributed by atoms with E-state index in [2.05, 4.69) is 16.4 Å². The summed E-state index contributed by atoms with van der Waals surface area (Å²) >= 11 is 12.1. The summed E-state index contributed by atoms with van der Waals surface area (Å²) in [6.07, 6.45) is 3.63. The van der Waals surface area contributed by atoms with Gasteiger partial charge in [-0.05, 0) is 29.8 Å². The van der Waals surface area contributed by atoms with Crippen LogP contribution in [0.2, 0.25) is 10.0 Å². The molecule has 2 aromatic carbocycles. The first kappa shape index (κ1) is 20.5. The molecular formula is C20H19Cl3N2O. The third kappa shape index (κ3) is 5.89. The number of ether oxygens (including phenoxy) is 1. The van der Waals surface area contributed by atoms with E-state index in [9.17, 15) is 0 Å². The largest absolute Gasteiger partial charge is 0.489 e. The van der Waals surface area contributed by atoms with E-state index >= 15 is 0 Å². The van der Waals surface area contributed by atoms with Gasteiger partial charge in [-0.15, -0.1) is 12.4 Å². The van der Waals surface area contributed by atoms with E-state index in [1.165, 1.54) is 0 Å². The molecule has 3 aromatic rings. The molecular weight excluding hydrogens is 391 g/mol. The summed E-state index contributed by atoms with van der Waals surface area (Å²) in [7, 11) is 0. The van der Waals surface area contributed by atoms with Crippen molar-refractivity contribution in [3.05, 3.63) is 93.7 Å². The SMILES string of the molecule is Cl.Clc1ccc(COc2ccccc2CNCc2cccnc2)c(Cl)c1. The highest BCUT2D eigenvalue weighted by atomic mass is 35.5. The zero-order valence-electron chi connectivity index (χ0n) is 14.0. The van der Waals surface area contributed by atoms with E-state index in [1.54, 1.807) is 12.3 Å². The van der Waals surface area contributed by atoms with Gasteiger partial charge in [0.1, 0.15) is 12.4 Å². The Morgan fingerprint density at radius 2 is 1.77 bits per heavy atom. The second-order valence-electron chi connectivity index (χ2n) is 5.60. The van der Waals surface area contributed by atoms with Gasteiger partial charge in [-0.3, -0.25) is 4.98 Å². The predicted octanol–water partition coefficient (Wildman–Crippen LogP) is 5.68. The molecule has 0 saturated heterocycles. The molecule has 1 aromatic heterocycles. The Bertz CT molecular complexity index is 828. The van der Waals surface area contributed by atoms with Crippen LogP contribution in [0.5, 0.6) is 5.75 Å². The first-order valence-electron chi connectivity index (χ1n) is 7.96. The zero-order valence-corrected chi connectivity index (χ0v) is 16.3. The molecule has 136 valence electrons. The van der Waals surface area contributed by atoms with Crippen LogP contribution in [-0.4, -0.2) is 4.98 Å². The summed E-state index contributed by atoms with van der Waals surface area (Å²) in [5.74, 6) is 0.840. The number of halogens is 3. The summed E-state index contributed by atoms with van der Waals surface area (Å²) in [5, 5.41) is 4.64. The van der Waals surface area contributed by atoms with Crippen molar-refractivity contribution in [3.8, 4) is 5.75 Å². The molecule has 0 aliphatic heterocycles. The molecule has 0 unspecified atom stereocenters. The second kappa shape index (κ2) is 10.4. The topological polar surface area (TPSA) is 34.1 Å². The number of nitrogens with one attached hydrogen (secondary N) is 1. The van der Waals surface area contributed by atoms with Gasteiger partial charge in [-0.2, -0.15) is 0 Å². The molecule has 0 aliphatic carbocycles. The van der Waals surface area contributed by atoms with Crippen LogP contribution in [0.3, 0.4) is 0 Å². The zero-order chi connectivity index (χ0) is 17.5. The van der Waals surface area contributed by atoms with Crippen molar-refractivity contribution in [1.82, 2.24) is 10.3 Å². The number of aromatic nitrogens is 1. The highest BCUT2D eigenvalue weighted by molar-refractivity contribution is 6.35. The monoisotopic (exact) mass is 408 g/mol. The Morgan fingerprint density at radius 1 is 0.923 bits per heavy atom. The fourth-order valence-electron chi connectivity index (χ4n) is 2.43. The van der Waals surface area contributed by atoms with Gasteiger partial charge in [0.05, 0.1) is 0 Å². The van der Waals surface area contributed by atoms with Crippen molar-refractivity contribution in [2.75, 3.05) is 0 Å². The Kier molecular flexibility index (Phi) is 8.20. The van der Waals surface area contributed by atoms with Crippen molar-refractivity contribution in [2.45, 2.75) is 19.7 Å². The number of nitrogens with zero attached hydrogens (tertiary/aromatic N) is 1. The second-order valence-corrected chi connectivity index (χ2v) is 6.44. The lowest BCUT2D eigenvalue weighted by Gasteiger charge is -2.13. The number of rotatable bonds is 7. The van der Waals surface area contributed by atoms with Crippen LogP contribution >= 0.6 is 35.6 Å². The van der Waals surface area contributed by atoms with Crippen LogP contribution < -0.4 is 10.1 Å². The van der Waals surface area contributed by atoms with E-state index in [4.69, 9.17) is 27.9 Å². The lowest BCUT2D eigenvalue weighted by molar-refractivity contribution is 0.302. The maximum absolute atomic E-state index is 6.20. The molecule has 1 N–H and O–H groups in total. The lowest BCUT2D eigenvalue weighted by atomic mass is 10.2. The normalized spacial score (nSPS) is 10.2. The first-order chi connectivity index (χ1) is 12.2. The number of hydrogen-bond donors (Lipinski definition) is 1. The fraction of sp³-hybridized carbons (Fsp3) is 0.150. The summed E-state index contributed by atoms with van der Waals surface area (Å²) in [6.45, 7) is 1.86. The molecule has 1 heterocycles. The summed E-state index contributed by atoms with van der Waals surface area (Å²) < 4.78 is 5.97. The van der Waals surface area contributed by atoms with E-state index in [0.717, 1.165) is 29.0 Å². The minimum Gasteiger partial charge on any atom is -0.489 e. The number of para-hydroxylation sites is 1. The van der Waals surface area contributed by atoms with Crippen LogP contribution in [0.25, 0.3) is 0 Å². The van der Waals surface area contributed by atoms with Crippen molar-refractivity contribution >= 4 is 35.6 Å². The van der Waals surface area contributed by atoms with Gasteiger partial charge in [0, 0.05) is 46.7 Å². The number of hydrogen-bond acceptors (Lipinski definition) is 3. The highest BCUT2D eigenvalue weighted by Gasteiger charge is 2.06. The minimum atomic E-state index is 0. The van der Waals surface area contributed by atoms with E-state index in [1.807, 2.05) is 48.7 Å². The van der Waals surface area contributed by atoms with Gasteiger partial charge >= 0.3 is 0 Å². The first-order valence-corrected chi connectivity index (χ1v) is 8.72. The average Bonchev–Trinajstić information content (AvgIpc) is 2.63. The van der Waals surface area contributed by atoms with Gasteiger partial charge in [0.25, 0.3) is 0 Å². The Labute approximate surface area is 169 Å². The third-order valence-corrected chi connectivity index (χ3v) is 4.33. The molecule has 0 amide bonds. The average molecular weight is 410 g/mol. The molecule has 0 atom stereocenters. The molecule has 3 nitrogen and oxygen atoms in total. The van der Waals surface area contributed by atoms with Gasteiger partial charge in [-0.25, -0.2) is 0 Å². The predicted molar refractivity (Wildman–Crippen MR) is 109 cm³/mol. The van der Waals surface area contributed by atoms with Crippen LogP contribution in [0.4, 0.5) is 0 Å². The van der Waals surface area contributed by atoms with Gasteiger partial charge in [-0.1, -0.05) is 53.5 Å². The third-order valence-electron chi connectivity index (χ3n) is 3.74. The van der Waals surface area contributed by atoms with E-state index in [0.29, 0.717) is 23.2 Å². The van der Waals surface area contributed by atoms with Crippen LogP contribution in [0.15, 0.2) is 67.0 Å². The molecule has 0 bridgehead atoms. The maximum Gasteiger partial charge on any atom is 0.124 e. The fourth-order valence-corrected chi connectivity index (χ4v) is 2.89. The molecule has 0 fully saturated rings. The molecule has 0 saturated carbocycles. The Morgan fingerprint density at radius 3 is 2.54 bits per heavy atom.